The molecule has 8 heteroatoms. The van der Waals surface area contributed by atoms with Crippen molar-refractivity contribution in [2.45, 2.75) is 37.6 Å². The normalized spacial score (nSPS) is 36.1. The smallest absolute Gasteiger partial charge is 0.217 e. The lowest BCUT2D eigenvalue weighted by molar-refractivity contribution is -0.267. The first-order chi connectivity index (χ1) is 8.51. The van der Waals surface area contributed by atoms with Crippen molar-refractivity contribution in [1.29, 1.82) is 0 Å². The number of aliphatic hydroxyl groups is 3. The van der Waals surface area contributed by atoms with Crippen molar-refractivity contribution >= 4 is 12.2 Å². The van der Waals surface area contributed by atoms with Crippen molar-refractivity contribution in [1.82, 2.24) is 5.32 Å². The quantitative estimate of drug-likeness (QED) is 0.393. The molecule has 1 heterocycles. The predicted octanol–water partition coefficient (Wildman–Crippen LogP) is -2.85. The first kappa shape index (κ1) is 15.0. The molecule has 104 valence electrons. The van der Waals surface area contributed by atoms with Crippen LogP contribution >= 0.6 is 0 Å². The van der Waals surface area contributed by atoms with E-state index in [1.807, 2.05) is 0 Å². The van der Waals surface area contributed by atoms with E-state index in [9.17, 15) is 19.8 Å². The third kappa shape index (κ3) is 3.47. The lowest BCUT2D eigenvalue weighted by Crippen LogP contribution is -2.64. The number of hydrogen-bond acceptors (Lipinski definition) is 7. The van der Waals surface area contributed by atoms with Gasteiger partial charge in [-0.05, 0) is 0 Å². The van der Waals surface area contributed by atoms with Crippen molar-refractivity contribution in [3.8, 4) is 0 Å². The first-order valence-corrected chi connectivity index (χ1v) is 5.46. The molecule has 1 unspecified atom stereocenters. The Bertz CT molecular complexity index is 298. The standard InChI is InChI=1S/C10H17NO7/c1-5(14)11-7-9(16)8(15)6(4-13)18-10(7)17-3-2-12/h2,6-10,13,15-16H,3-4H2,1H3,(H,11,14)/t6-,7-,8+,9-,10?/m1/s1. The van der Waals surface area contributed by atoms with E-state index in [0.717, 1.165) is 0 Å². The molecule has 0 aromatic carbocycles. The van der Waals surface area contributed by atoms with Crippen LogP contribution in [0.2, 0.25) is 0 Å². The van der Waals surface area contributed by atoms with Gasteiger partial charge in [0.1, 0.15) is 37.2 Å². The molecule has 1 fully saturated rings. The molecule has 1 saturated heterocycles. The number of carbonyl (C=O) groups excluding carboxylic acids is 2. The zero-order valence-corrected chi connectivity index (χ0v) is 9.85. The van der Waals surface area contributed by atoms with Crippen LogP contribution in [0.3, 0.4) is 0 Å². The molecule has 0 aromatic rings. The Balaban J connectivity index is 2.79. The summed E-state index contributed by atoms with van der Waals surface area (Å²) in [6, 6.07) is -1.01. The summed E-state index contributed by atoms with van der Waals surface area (Å²) in [7, 11) is 0. The zero-order chi connectivity index (χ0) is 13.7. The van der Waals surface area contributed by atoms with E-state index in [2.05, 4.69) is 5.32 Å². The van der Waals surface area contributed by atoms with Crippen LogP contribution in [0, 0.1) is 0 Å². The molecule has 0 bridgehead atoms. The van der Waals surface area contributed by atoms with Crippen LogP contribution in [0.5, 0.6) is 0 Å². The van der Waals surface area contributed by atoms with Crippen molar-refractivity contribution in [3.05, 3.63) is 0 Å². The van der Waals surface area contributed by atoms with E-state index in [1.54, 1.807) is 0 Å². The minimum absolute atomic E-state index is 0.290. The molecule has 0 radical (unpaired) electrons. The summed E-state index contributed by atoms with van der Waals surface area (Å²) in [6.45, 7) is 0.418. The summed E-state index contributed by atoms with van der Waals surface area (Å²) < 4.78 is 10.2. The van der Waals surface area contributed by atoms with Crippen LogP contribution in [0.15, 0.2) is 0 Å². The third-order valence-corrected chi connectivity index (χ3v) is 2.58. The topological polar surface area (TPSA) is 125 Å². The Morgan fingerprint density at radius 3 is 2.61 bits per heavy atom. The second kappa shape index (κ2) is 6.76. The molecule has 1 aliphatic rings. The fraction of sp³-hybridized carbons (Fsp3) is 0.800. The summed E-state index contributed by atoms with van der Waals surface area (Å²) >= 11 is 0. The van der Waals surface area contributed by atoms with Crippen LogP contribution in [0.1, 0.15) is 6.92 Å². The lowest BCUT2D eigenvalue weighted by Gasteiger charge is -2.41. The highest BCUT2D eigenvalue weighted by molar-refractivity contribution is 5.73. The van der Waals surface area contributed by atoms with Gasteiger partial charge in [0.2, 0.25) is 5.91 Å². The van der Waals surface area contributed by atoms with Gasteiger partial charge in [-0.2, -0.15) is 0 Å². The van der Waals surface area contributed by atoms with Crippen molar-refractivity contribution in [3.63, 3.8) is 0 Å². The van der Waals surface area contributed by atoms with E-state index < -0.39 is 43.2 Å². The van der Waals surface area contributed by atoms with Gasteiger partial charge >= 0.3 is 0 Å². The minimum Gasteiger partial charge on any atom is -0.394 e. The summed E-state index contributed by atoms with van der Waals surface area (Å²) in [5.41, 5.74) is 0. The van der Waals surface area contributed by atoms with E-state index >= 15 is 0 Å². The van der Waals surface area contributed by atoms with Crippen molar-refractivity contribution < 1.29 is 34.4 Å². The van der Waals surface area contributed by atoms with Gasteiger partial charge in [-0.15, -0.1) is 0 Å². The van der Waals surface area contributed by atoms with Gasteiger partial charge in [0.25, 0.3) is 0 Å². The minimum atomic E-state index is -1.36. The van der Waals surface area contributed by atoms with Gasteiger partial charge in [-0.25, -0.2) is 0 Å². The number of ether oxygens (including phenoxy) is 2. The number of carbonyl (C=O) groups is 2. The fourth-order valence-electron chi connectivity index (χ4n) is 1.75. The molecule has 4 N–H and O–H groups in total. The molecule has 18 heavy (non-hydrogen) atoms. The van der Waals surface area contributed by atoms with E-state index in [4.69, 9.17) is 14.6 Å². The lowest BCUT2D eigenvalue weighted by atomic mass is 9.97. The number of amides is 1. The molecule has 0 aliphatic carbocycles. The predicted molar refractivity (Wildman–Crippen MR) is 57.4 cm³/mol. The van der Waals surface area contributed by atoms with Crippen LogP contribution in [0.4, 0.5) is 0 Å². The maximum Gasteiger partial charge on any atom is 0.217 e. The summed E-state index contributed by atoms with van der Waals surface area (Å²) in [5.74, 6) is -0.447. The molecule has 1 amide bonds. The summed E-state index contributed by atoms with van der Waals surface area (Å²) in [4.78, 5) is 21.2. The van der Waals surface area contributed by atoms with Crippen molar-refractivity contribution in [2.75, 3.05) is 13.2 Å². The van der Waals surface area contributed by atoms with Gasteiger partial charge in [0.15, 0.2) is 6.29 Å². The Kier molecular flexibility index (Phi) is 5.63. The van der Waals surface area contributed by atoms with Crippen molar-refractivity contribution in [2.24, 2.45) is 0 Å². The largest absolute Gasteiger partial charge is 0.394 e. The molecule has 8 nitrogen and oxygen atoms in total. The number of rotatable bonds is 5. The average Bonchev–Trinajstić information content (AvgIpc) is 2.33. The number of hydrogen-bond donors (Lipinski definition) is 4. The molecular weight excluding hydrogens is 246 g/mol. The maximum atomic E-state index is 11.0. The van der Waals surface area contributed by atoms with Gasteiger partial charge < -0.3 is 34.9 Å². The zero-order valence-electron chi connectivity index (χ0n) is 9.85. The molecule has 0 aromatic heterocycles. The summed E-state index contributed by atoms with van der Waals surface area (Å²) in [5, 5.41) is 30.8. The third-order valence-electron chi connectivity index (χ3n) is 2.58. The average molecular weight is 263 g/mol. The SMILES string of the molecule is CC(=O)N[C@H]1C(OCC=O)O[C@H](CO)[C@H](O)[C@@H]1O. The number of aliphatic hydroxyl groups excluding tert-OH is 3. The Labute approximate surface area is 104 Å². The Hall–Kier alpha value is -1.06. The molecular formula is C10H17NO7. The van der Waals surface area contributed by atoms with Gasteiger partial charge in [-0.1, -0.05) is 0 Å². The highest BCUT2D eigenvalue weighted by Gasteiger charge is 2.45. The monoisotopic (exact) mass is 263 g/mol. The second-order valence-corrected chi connectivity index (χ2v) is 3.93. The molecule has 5 atom stereocenters. The molecule has 0 saturated carbocycles. The number of aldehydes is 1. The highest BCUT2D eigenvalue weighted by atomic mass is 16.7. The van der Waals surface area contributed by atoms with Gasteiger partial charge in [0.05, 0.1) is 6.61 Å². The number of nitrogens with one attached hydrogen (secondary N) is 1. The maximum absolute atomic E-state index is 11.0. The van der Waals surface area contributed by atoms with Crippen LogP contribution in [0.25, 0.3) is 0 Å². The Morgan fingerprint density at radius 1 is 1.44 bits per heavy atom. The molecule has 0 spiro atoms. The van der Waals surface area contributed by atoms with Crippen LogP contribution in [-0.4, -0.2) is 71.4 Å². The van der Waals surface area contributed by atoms with Crippen LogP contribution in [-0.2, 0) is 19.1 Å². The van der Waals surface area contributed by atoms with Gasteiger partial charge in [0, 0.05) is 6.92 Å². The molecule has 1 rings (SSSR count). The fourth-order valence-corrected chi connectivity index (χ4v) is 1.75. The second-order valence-electron chi connectivity index (χ2n) is 3.93. The van der Waals surface area contributed by atoms with E-state index in [0.29, 0.717) is 6.29 Å². The van der Waals surface area contributed by atoms with E-state index in [1.165, 1.54) is 6.92 Å². The molecule has 1 aliphatic heterocycles. The Morgan fingerprint density at radius 2 is 2.11 bits per heavy atom. The first-order valence-electron chi connectivity index (χ1n) is 5.46. The highest BCUT2D eigenvalue weighted by Crippen LogP contribution is 2.21. The summed E-state index contributed by atoms with van der Waals surface area (Å²) in [6.07, 6.45) is -4.39. The van der Waals surface area contributed by atoms with Crippen LogP contribution < -0.4 is 5.32 Å². The van der Waals surface area contributed by atoms with Gasteiger partial charge in [-0.3, -0.25) is 4.79 Å². The van der Waals surface area contributed by atoms with E-state index in [-0.39, 0.29) is 6.61 Å².